The van der Waals surface area contributed by atoms with Crippen LogP contribution in [0.1, 0.15) is 33.1 Å². The lowest BCUT2D eigenvalue weighted by Gasteiger charge is -2.09. The third-order valence-corrected chi connectivity index (χ3v) is 1.71. The van der Waals surface area contributed by atoms with Crippen LogP contribution in [0.3, 0.4) is 0 Å². The zero-order valence-electron chi connectivity index (χ0n) is 9.55. The molecule has 0 fully saturated rings. The molecule has 0 aromatic rings. The van der Waals surface area contributed by atoms with Crippen LogP contribution in [0, 0.1) is 10.1 Å². The first-order chi connectivity index (χ1) is 7.56. The molecule has 0 bridgehead atoms. The minimum atomic E-state index is -0.915. The van der Waals surface area contributed by atoms with Crippen molar-refractivity contribution in [2.45, 2.75) is 39.2 Å². The lowest BCUT2D eigenvalue weighted by atomic mass is 10.2. The molecule has 0 aliphatic heterocycles. The van der Waals surface area contributed by atoms with Gasteiger partial charge in [0.1, 0.15) is 12.7 Å². The fourth-order valence-corrected chi connectivity index (χ4v) is 0.939. The second kappa shape index (κ2) is 8.70. The number of hydrogen-bond donors (Lipinski definition) is 0. The van der Waals surface area contributed by atoms with E-state index in [9.17, 15) is 14.9 Å². The highest BCUT2D eigenvalue weighted by Crippen LogP contribution is 1.98. The molecule has 0 aliphatic rings. The third kappa shape index (κ3) is 8.98. The second-order valence-corrected chi connectivity index (χ2v) is 3.31. The van der Waals surface area contributed by atoms with Crippen molar-refractivity contribution in [3.63, 3.8) is 0 Å². The van der Waals surface area contributed by atoms with Crippen molar-refractivity contribution in [1.82, 2.24) is 0 Å². The van der Waals surface area contributed by atoms with Crippen molar-refractivity contribution in [2.24, 2.45) is 0 Å². The zero-order chi connectivity index (χ0) is 12.4. The monoisotopic (exact) mass is 231 g/mol. The SMILES string of the molecule is CCCCC=CC(=O)OC(C)CO[N+](=O)[O-]. The molecule has 1 atom stereocenters. The van der Waals surface area contributed by atoms with Gasteiger partial charge in [-0.2, -0.15) is 0 Å². The van der Waals surface area contributed by atoms with Crippen LogP contribution >= 0.6 is 0 Å². The summed E-state index contributed by atoms with van der Waals surface area (Å²) in [5.41, 5.74) is 0. The van der Waals surface area contributed by atoms with E-state index in [-0.39, 0.29) is 6.61 Å². The number of esters is 1. The highest BCUT2D eigenvalue weighted by Gasteiger charge is 2.08. The molecule has 0 amide bonds. The number of carbonyl (C=O) groups is 1. The minimum absolute atomic E-state index is 0.248. The summed E-state index contributed by atoms with van der Waals surface area (Å²) in [5.74, 6) is -0.504. The summed E-state index contributed by atoms with van der Waals surface area (Å²) in [7, 11) is 0. The summed E-state index contributed by atoms with van der Waals surface area (Å²) < 4.78 is 4.83. The van der Waals surface area contributed by atoms with Crippen molar-refractivity contribution < 1.29 is 19.5 Å². The van der Waals surface area contributed by atoms with Gasteiger partial charge in [-0.3, -0.25) is 0 Å². The van der Waals surface area contributed by atoms with Gasteiger partial charge < -0.3 is 9.57 Å². The first-order valence-electron chi connectivity index (χ1n) is 5.20. The van der Waals surface area contributed by atoms with Crippen LogP contribution in [-0.2, 0) is 14.4 Å². The van der Waals surface area contributed by atoms with Crippen LogP contribution in [0.4, 0.5) is 0 Å². The molecule has 0 saturated heterocycles. The van der Waals surface area contributed by atoms with E-state index in [1.165, 1.54) is 13.0 Å². The van der Waals surface area contributed by atoms with E-state index in [1.807, 2.05) is 0 Å². The Kier molecular flexibility index (Phi) is 7.83. The van der Waals surface area contributed by atoms with Crippen molar-refractivity contribution in [1.29, 1.82) is 0 Å². The number of rotatable bonds is 8. The Morgan fingerprint density at radius 2 is 2.25 bits per heavy atom. The van der Waals surface area contributed by atoms with E-state index in [2.05, 4.69) is 11.8 Å². The molecule has 6 heteroatoms. The molecule has 0 rings (SSSR count). The molecule has 92 valence electrons. The van der Waals surface area contributed by atoms with Gasteiger partial charge in [0.05, 0.1) is 0 Å². The lowest BCUT2D eigenvalue weighted by molar-refractivity contribution is -0.759. The average molecular weight is 231 g/mol. The maximum atomic E-state index is 11.1. The second-order valence-electron chi connectivity index (χ2n) is 3.31. The first-order valence-corrected chi connectivity index (χ1v) is 5.20. The Labute approximate surface area is 94.3 Å². The predicted octanol–water partition coefficient (Wildman–Crippen LogP) is 1.87. The van der Waals surface area contributed by atoms with Crippen molar-refractivity contribution in [3.8, 4) is 0 Å². The van der Waals surface area contributed by atoms with E-state index in [4.69, 9.17) is 4.74 Å². The molecule has 0 radical (unpaired) electrons. The van der Waals surface area contributed by atoms with E-state index in [0.717, 1.165) is 19.3 Å². The highest BCUT2D eigenvalue weighted by molar-refractivity contribution is 5.81. The molecule has 0 heterocycles. The van der Waals surface area contributed by atoms with E-state index < -0.39 is 17.2 Å². The average Bonchev–Trinajstić information content (AvgIpc) is 2.21. The van der Waals surface area contributed by atoms with Crippen LogP contribution in [0.25, 0.3) is 0 Å². The molecule has 0 aromatic carbocycles. The van der Waals surface area contributed by atoms with Gasteiger partial charge in [0.15, 0.2) is 0 Å². The highest BCUT2D eigenvalue weighted by atomic mass is 17.0. The number of carbonyl (C=O) groups excluding carboxylic acids is 1. The van der Waals surface area contributed by atoms with Crippen LogP contribution in [0.5, 0.6) is 0 Å². The van der Waals surface area contributed by atoms with Gasteiger partial charge in [0, 0.05) is 6.08 Å². The molecule has 1 unspecified atom stereocenters. The summed E-state index contributed by atoms with van der Waals surface area (Å²) >= 11 is 0. The Bertz CT molecular complexity index is 252. The van der Waals surface area contributed by atoms with Crippen LogP contribution in [-0.4, -0.2) is 23.8 Å². The third-order valence-electron chi connectivity index (χ3n) is 1.71. The maximum absolute atomic E-state index is 11.1. The molecule has 6 nitrogen and oxygen atoms in total. The van der Waals surface area contributed by atoms with Crippen molar-refractivity contribution >= 4 is 5.97 Å². The molecule has 0 spiro atoms. The van der Waals surface area contributed by atoms with Gasteiger partial charge in [-0.1, -0.05) is 25.8 Å². The standard InChI is InChI=1S/C10H17NO5/c1-3-4-5-6-7-10(12)16-9(2)8-15-11(13)14/h6-7,9H,3-5,8H2,1-2H3. The summed E-state index contributed by atoms with van der Waals surface area (Å²) in [5, 5.41) is 8.95. The van der Waals surface area contributed by atoms with Crippen molar-refractivity contribution in [2.75, 3.05) is 6.61 Å². The van der Waals surface area contributed by atoms with Crippen LogP contribution < -0.4 is 0 Å². The normalized spacial score (nSPS) is 12.4. The number of nitrogens with zero attached hydrogens (tertiary/aromatic N) is 1. The Balaban J connectivity index is 3.69. The van der Waals surface area contributed by atoms with Crippen LogP contribution in [0.15, 0.2) is 12.2 Å². The minimum Gasteiger partial charge on any atom is -0.457 e. The Morgan fingerprint density at radius 3 is 2.81 bits per heavy atom. The first kappa shape index (κ1) is 14.4. The van der Waals surface area contributed by atoms with Gasteiger partial charge in [-0.05, 0) is 13.3 Å². The predicted molar refractivity (Wildman–Crippen MR) is 57.2 cm³/mol. The van der Waals surface area contributed by atoms with Gasteiger partial charge >= 0.3 is 5.97 Å². The largest absolute Gasteiger partial charge is 0.457 e. The molecule has 0 saturated carbocycles. The Hall–Kier alpha value is -1.59. The van der Waals surface area contributed by atoms with E-state index >= 15 is 0 Å². The molecular weight excluding hydrogens is 214 g/mol. The quantitative estimate of drug-likeness (QED) is 0.209. The molecular formula is C10H17NO5. The topological polar surface area (TPSA) is 78.7 Å². The smallest absolute Gasteiger partial charge is 0.330 e. The fourth-order valence-electron chi connectivity index (χ4n) is 0.939. The number of unbranched alkanes of at least 4 members (excludes halogenated alkanes) is 2. The number of allylic oxidation sites excluding steroid dienone is 1. The molecule has 0 aliphatic carbocycles. The molecule has 0 N–H and O–H groups in total. The summed E-state index contributed by atoms with van der Waals surface area (Å²) in [6.07, 6.45) is 5.33. The van der Waals surface area contributed by atoms with Crippen LogP contribution in [0.2, 0.25) is 0 Å². The summed E-state index contributed by atoms with van der Waals surface area (Å²) in [6, 6.07) is 0. The van der Waals surface area contributed by atoms with E-state index in [0.29, 0.717) is 0 Å². The molecule has 0 aromatic heterocycles. The lowest BCUT2D eigenvalue weighted by Crippen LogP contribution is -2.20. The van der Waals surface area contributed by atoms with E-state index in [1.54, 1.807) is 6.08 Å². The van der Waals surface area contributed by atoms with Gasteiger partial charge in [0.25, 0.3) is 5.09 Å². The van der Waals surface area contributed by atoms with Crippen molar-refractivity contribution in [3.05, 3.63) is 22.3 Å². The summed E-state index contributed by atoms with van der Waals surface area (Å²) in [6.45, 7) is 3.34. The maximum Gasteiger partial charge on any atom is 0.330 e. The van der Waals surface area contributed by atoms with Gasteiger partial charge in [-0.15, -0.1) is 10.1 Å². The van der Waals surface area contributed by atoms with Gasteiger partial charge in [-0.25, -0.2) is 4.79 Å². The van der Waals surface area contributed by atoms with Gasteiger partial charge in [0.2, 0.25) is 0 Å². The number of hydrogen-bond acceptors (Lipinski definition) is 5. The zero-order valence-corrected chi connectivity index (χ0v) is 9.55. The molecule has 16 heavy (non-hydrogen) atoms. The fraction of sp³-hybridized carbons (Fsp3) is 0.700. The number of ether oxygens (including phenoxy) is 1. The Morgan fingerprint density at radius 1 is 1.56 bits per heavy atom. The summed E-state index contributed by atoms with van der Waals surface area (Å²) in [4.78, 5) is 25.1.